The van der Waals surface area contributed by atoms with E-state index >= 15 is 0 Å². The Balaban J connectivity index is 2.08. The van der Waals surface area contributed by atoms with Gasteiger partial charge in [-0.05, 0) is 32.1 Å². The summed E-state index contributed by atoms with van der Waals surface area (Å²) < 4.78 is 0. The van der Waals surface area contributed by atoms with Crippen LogP contribution in [0.25, 0.3) is 0 Å². The summed E-state index contributed by atoms with van der Waals surface area (Å²) in [6.45, 7) is 3.24. The maximum atomic E-state index is 5.78. The molecule has 1 aromatic rings. The van der Waals surface area contributed by atoms with Gasteiger partial charge in [0.2, 0.25) is 0 Å². The van der Waals surface area contributed by atoms with Crippen LogP contribution < -0.4 is 4.90 Å². The van der Waals surface area contributed by atoms with E-state index in [0.717, 1.165) is 36.8 Å². The number of hydrogen-bond donors (Lipinski definition) is 0. The molecule has 0 aliphatic carbocycles. The standard InChI is InChI=1S/C13H20ClN3/c1-2-11-9-13(16-10-15-11)17-8-4-6-12(17)5-3-7-14/h9-10,12H,2-8H2,1H3. The highest BCUT2D eigenvalue weighted by molar-refractivity contribution is 6.17. The van der Waals surface area contributed by atoms with Crippen LogP contribution in [0.1, 0.15) is 38.3 Å². The van der Waals surface area contributed by atoms with Crippen LogP contribution >= 0.6 is 11.6 Å². The Bertz CT molecular complexity index is 356. The highest BCUT2D eigenvalue weighted by Gasteiger charge is 2.25. The van der Waals surface area contributed by atoms with Crippen molar-refractivity contribution in [2.24, 2.45) is 0 Å². The molecule has 2 rings (SSSR count). The smallest absolute Gasteiger partial charge is 0.132 e. The molecule has 0 N–H and O–H groups in total. The van der Waals surface area contributed by atoms with Crippen LogP contribution in [0.5, 0.6) is 0 Å². The molecule has 0 spiro atoms. The molecule has 1 aliphatic heterocycles. The molecule has 0 saturated carbocycles. The molecule has 2 heterocycles. The zero-order valence-electron chi connectivity index (χ0n) is 10.4. The number of halogens is 1. The lowest BCUT2D eigenvalue weighted by molar-refractivity contribution is 0.597. The normalized spacial score (nSPS) is 19.9. The summed E-state index contributed by atoms with van der Waals surface area (Å²) in [7, 11) is 0. The predicted octanol–water partition coefficient (Wildman–Crippen LogP) is 3.03. The van der Waals surface area contributed by atoms with Crippen molar-refractivity contribution in [3.63, 3.8) is 0 Å². The molecule has 1 aliphatic rings. The van der Waals surface area contributed by atoms with Crippen LogP contribution in [0.3, 0.4) is 0 Å². The van der Waals surface area contributed by atoms with Gasteiger partial charge >= 0.3 is 0 Å². The number of aromatic nitrogens is 2. The Labute approximate surface area is 108 Å². The summed E-state index contributed by atoms with van der Waals surface area (Å²) >= 11 is 5.78. The summed E-state index contributed by atoms with van der Waals surface area (Å²) in [5.74, 6) is 1.85. The van der Waals surface area contributed by atoms with Crippen molar-refractivity contribution in [1.29, 1.82) is 0 Å². The van der Waals surface area contributed by atoms with Crippen LogP contribution in [-0.4, -0.2) is 28.4 Å². The van der Waals surface area contributed by atoms with E-state index in [9.17, 15) is 0 Å². The van der Waals surface area contributed by atoms with Gasteiger partial charge in [-0.3, -0.25) is 0 Å². The van der Waals surface area contributed by atoms with Crippen LogP contribution in [0.15, 0.2) is 12.4 Å². The van der Waals surface area contributed by atoms with Crippen LogP contribution in [-0.2, 0) is 6.42 Å². The quantitative estimate of drug-likeness (QED) is 0.756. The van der Waals surface area contributed by atoms with E-state index in [1.807, 2.05) is 0 Å². The Kier molecular flexibility index (Phi) is 4.60. The van der Waals surface area contributed by atoms with Crippen molar-refractivity contribution in [3.05, 3.63) is 18.1 Å². The minimum absolute atomic E-state index is 0.619. The zero-order valence-corrected chi connectivity index (χ0v) is 11.2. The number of anilines is 1. The van der Waals surface area contributed by atoms with Gasteiger partial charge in [-0.25, -0.2) is 9.97 Å². The summed E-state index contributed by atoms with van der Waals surface area (Å²) in [4.78, 5) is 11.1. The SMILES string of the molecule is CCc1cc(N2CCCC2CCCCl)ncn1. The van der Waals surface area contributed by atoms with Crippen molar-refractivity contribution in [3.8, 4) is 0 Å². The first kappa shape index (κ1) is 12.6. The van der Waals surface area contributed by atoms with Gasteiger partial charge in [0, 0.05) is 30.2 Å². The number of hydrogen-bond acceptors (Lipinski definition) is 3. The van der Waals surface area contributed by atoms with Crippen molar-refractivity contribution >= 4 is 17.4 Å². The fraction of sp³-hybridized carbons (Fsp3) is 0.692. The molecule has 1 aromatic heterocycles. The molecule has 1 atom stereocenters. The second-order valence-corrected chi connectivity index (χ2v) is 4.92. The van der Waals surface area contributed by atoms with Gasteiger partial charge in [-0.2, -0.15) is 0 Å². The first-order valence-corrected chi connectivity index (χ1v) is 7.02. The average Bonchev–Trinajstić information content (AvgIpc) is 2.84. The van der Waals surface area contributed by atoms with Crippen molar-refractivity contribution in [2.45, 2.75) is 45.1 Å². The monoisotopic (exact) mass is 253 g/mol. The minimum atomic E-state index is 0.619. The van der Waals surface area contributed by atoms with E-state index in [-0.39, 0.29) is 0 Å². The van der Waals surface area contributed by atoms with Gasteiger partial charge in [-0.1, -0.05) is 6.92 Å². The van der Waals surface area contributed by atoms with E-state index in [2.05, 4.69) is 27.9 Å². The third kappa shape index (κ3) is 3.09. The maximum Gasteiger partial charge on any atom is 0.132 e. The van der Waals surface area contributed by atoms with Gasteiger partial charge in [-0.15, -0.1) is 11.6 Å². The maximum absolute atomic E-state index is 5.78. The molecular weight excluding hydrogens is 234 g/mol. The Morgan fingerprint density at radius 2 is 2.35 bits per heavy atom. The summed E-state index contributed by atoms with van der Waals surface area (Å²) in [5.41, 5.74) is 1.12. The van der Waals surface area contributed by atoms with Crippen LogP contribution in [0, 0.1) is 0 Å². The zero-order chi connectivity index (χ0) is 12.1. The van der Waals surface area contributed by atoms with E-state index in [1.54, 1.807) is 6.33 Å². The molecular formula is C13H20ClN3. The Morgan fingerprint density at radius 1 is 1.47 bits per heavy atom. The van der Waals surface area contributed by atoms with Gasteiger partial charge in [0.05, 0.1) is 0 Å². The Morgan fingerprint density at radius 3 is 3.12 bits per heavy atom. The largest absolute Gasteiger partial charge is 0.354 e. The fourth-order valence-corrected chi connectivity index (χ4v) is 2.64. The summed E-state index contributed by atoms with van der Waals surface area (Å²) in [6, 6.07) is 2.74. The highest BCUT2D eigenvalue weighted by Crippen LogP contribution is 2.26. The van der Waals surface area contributed by atoms with E-state index in [0.29, 0.717) is 6.04 Å². The molecule has 3 nitrogen and oxygen atoms in total. The fourth-order valence-electron chi connectivity index (χ4n) is 2.49. The molecule has 0 aromatic carbocycles. The molecule has 0 amide bonds. The lowest BCUT2D eigenvalue weighted by Crippen LogP contribution is -2.30. The van der Waals surface area contributed by atoms with Crippen molar-refractivity contribution in [1.82, 2.24) is 9.97 Å². The van der Waals surface area contributed by atoms with Gasteiger partial charge in [0.1, 0.15) is 12.1 Å². The van der Waals surface area contributed by atoms with Gasteiger partial charge in [0.15, 0.2) is 0 Å². The minimum Gasteiger partial charge on any atom is -0.354 e. The second kappa shape index (κ2) is 6.20. The highest BCUT2D eigenvalue weighted by atomic mass is 35.5. The summed E-state index contributed by atoms with van der Waals surface area (Å²) in [6.07, 6.45) is 7.45. The molecule has 1 unspecified atom stereocenters. The third-order valence-electron chi connectivity index (χ3n) is 3.41. The number of rotatable bonds is 5. The molecule has 17 heavy (non-hydrogen) atoms. The molecule has 4 heteroatoms. The topological polar surface area (TPSA) is 29.0 Å². The van der Waals surface area contributed by atoms with Gasteiger partial charge < -0.3 is 4.90 Å². The molecule has 94 valence electrons. The molecule has 1 fully saturated rings. The molecule has 0 radical (unpaired) electrons. The number of alkyl halides is 1. The number of aryl methyl sites for hydroxylation is 1. The van der Waals surface area contributed by atoms with Gasteiger partial charge in [0.25, 0.3) is 0 Å². The lowest BCUT2D eigenvalue weighted by atomic mass is 10.1. The van der Waals surface area contributed by atoms with Crippen LogP contribution in [0.4, 0.5) is 5.82 Å². The third-order valence-corrected chi connectivity index (χ3v) is 3.68. The van der Waals surface area contributed by atoms with E-state index in [4.69, 9.17) is 11.6 Å². The summed E-state index contributed by atoms with van der Waals surface area (Å²) in [5, 5.41) is 0. The first-order chi connectivity index (χ1) is 8.35. The Hall–Kier alpha value is -0.830. The average molecular weight is 254 g/mol. The van der Waals surface area contributed by atoms with Crippen molar-refractivity contribution in [2.75, 3.05) is 17.3 Å². The molecule has 0 bridgehead atoms. The lowest BCUT2D eigenvalue weighted by Gasteiger charge is -2.25. The van der Waals surface area contributed by atoms with E-state index in [1.165, 1.54) is 19.3 Å². The number of nitrogens with zero attached hydrogens (tertiary/aromatic N) is 3. The van der Waals surface area contributed by atoms with Crippen LogP contribution in [0.2, 0.25) is 0 Å². The second-order valence-electron chi connectivity index (χ2n) is 4.54. The van der Waals surface area contributed by atoms with E-state index < -0.39 is 0 Å². The van der Waals surface area contributed by atoms with Crippen molar-refractivity contribution < 1.29 is 0 Å². The predicted molar refractivity (Wildman–Crippen MR) is 71.7 cm³/mol. The first-order valence-electron chi connectivity index (χ1n) is 6.48. The molecule has 1 saturated heterocycles.